The summed E-state index contributed by atoms with van der Waals surface area (Å²) < 4.78 is 0. The van der Waals surface area contributed by atoms with Crippen LogP contribution in [0.1, 0.15) is 43.0 Å². The summed E-state index contributed by atoms with van der Waals surface area (Å²) >= 11 is 0. The van der Waals surface area contributed by atoms with E-state index in [2.05, 4.69) is 99.3 Å². The van der Waals surface area contributed by atoms with Gasteiger partial charge in [-0.25, -0.2) is 0 Å². The first-order chi connectivity index (χ1) is 11.9. The molecule has 3 aromatic carbocycles. The highest BCUT2D eigenvalue weighted by Gasteiger charge is 2.25. The molecule has 0 atom stereocenters. The Kier molecular flexibility index (Phi) is 3.68. The zero-order valence-corrected chi connectivity index (χ0v) is 15.5. The minimum Gasteiger partial charge on any atom is -0.310 e. The average Bonchev–Trinajstić information content (AvgIpc) is 2.59. The average molecular weight is 327 g/mol. The highest BCUT2D eigenvalue weighted by molar-refractivity contribution is 5.84. The second kappa shape index (κ2) is 5.77. The number of aryl methyl sites for hydroxylation is 1. The maximum absolute atomic E-state index is 2.41. The quantitative estimate of drug-likeness (QED) is 0.377. The predicted octanol–water partition coefficient (Wildman–Crippen LogP) is 6.67. The van der Waals surface area contributed by atoms with Crippen LogP contribution in [0, 0.1) is 6.92 Å². The minimum absolute atomic E-state index is 0.167. The van der Waals surface area contributed by atoms with Crippen molar-refractivity contribution < 1.29 is 0 Å². The van der Waals surface area contributed by atoms with E-state index in [9.17, 15) is 0 Å². The molecule has 0 radical (unpaired) electrons. The first kappa shape index (κ1) is 16.0. The normalized spacial score (nSPS) is 13.4. The number of para-hydroxylation sites is 1. The summed E-state index contributed by atoms with van der Waals surface area (Å²) in [5.74, 6) is 0. The standard InChI is InChI=1S/C24H25N/c1-17-10-11-18-15-19-16-20(24(2,3)4)12-13-22(19)25(23(18)14-17)21-8-6-5-7-9-21/h5-14,16H,15H2,1-4H3. The fourth-order valence-corrected chi connectivity index (χ4v) is 3.63. The van der Waals surface area contributed by atoms with Gasteiger partial charge in [-0.05, 0) is 58.9 Å². The molecular weight excluding hydrogens is 302 g/mol. The van der Waals surface area contributed by atoms with Crippen LogP contribution in [0.4, 0.5) is 17.1 Å². The van der Waals surface area contributed by atoms with Crippen molar-refractivity contribution in [3.63, 3.8) is 0 Å². The van der Waals surface area contributed by atoms with Gasteiger partial charge >= 0.3 is 0 Å². The second-order valence-corrected chi connectivity index (χ2v) is 8.07. The fourth-order valence-electron chi connectivity index (χ4n) is 3.63. The lowest BCUT2D eigenvalue weighted by Gasteiger charge is -2.35. The van der Waals surface area contributed by atoms with E-state index in [0.717, 1.165) is 6.42 Å². The Morgan fingerprint density at radius 2 is 1.52 bits per heavy atom. The molecule has 0 spiro atoms. The maximum atomic E-state index is 2.41. The number of hydrogen-bond acceptors (Lipinski definition) is 1. The van der Waals surface area contributed by atoms with E-state index >= 15 is 0 Å². The highest BCUT2D eigenvalue weighted by Crippen LogP contribution is 2.45. The van der Waals surface area contributed by atoms with Gasteiger partial charge in [0.15, 0.2) is 0 Å². The van der Waals surface area contributed by atoms with Crippen molar-refractivity contribution in [3.05, 3.63) is 89.0 Å². The van der Waals surface area contributed by atoms with E-state index in [-0.39, 0.29) is 5.41 Å². The number of fused-ring (bicyclic) bond motifs is 2. The van der Waals surface area contributed by atoms with Crippen LogP contribution in [-0.4, -0.2) is 0 Å². The van der Waals surface area contributed by atoms with Crippen LogP contribution in [0.3, 0.4) is 0 Å². The molecule has 1 nitrogen and oxygen atoms in total. The number of anilines is 3. The number of rotatable bonds is 1. The Hall–Kier alpha value is -2.54. The van der Waals surface area contributed by atoms with Gasteiger partial charge in [-0.1, -0.05) is 63.2 Å². The van der Waals surface area contributed by atoms with Crippen LogP contribution >= 0.6 is 0 Å². The summed E-state index contributed by atoms with van der Waals surface area (Å²) in [4.78, 5) is 2.41. The molecule has 0 N–H and O–H groups in total. The van der Waals surface area contributed by atoms with Gasteiger partial charge in [0.2, 0.25) is 0 Å². The van der Waals surface area contributed by atoms with Crippen LogP contribution < -0.4 is 4.90 Å². The topological polar surface area (TPSA) is 3.24 Å². The summed E-state index contributed by atoms with van der Waals surface area (Å²) in [5.41, 5.74) is 9.50. The Bertz CT molecular complexity index is 917. The van der Waals surface area contributed by atoms with Gasteiger partial charge in [0.1, 0.15) is 0 Å². The third-order valence-corrected chi connectivity index (χ3v) is 5.06. The van der Waals surface area contributed by atoms with Gasteiger partial charge in [-0.15, -0.1) is 0 Å². The van der Waals surface area contributed by atoms with Gasteiger partial charge in [0.05, 0.1) is 0 Å². The lowest BCUT2D eigenvalue weighted by molar-refractivity contribution is 0.589. The number of benzene rings is 3. The molecule has 0 aliphatic carbocycles. The van der Waals surface area contributed by atoms with Crippen molar-refractivity contribution in [1.82, 2.24) is 0 Å². The molecule has 0 aromatic heterocycles. The molecule has 25 heavy (non-hydrogen) atoms. The lowest BCUT2D eigenvalue weighted by Crippen LogP contribution is -2.20. The largest absolute Gasteiger partial charge is 0.310 e. The molecule has 0 unspecified atom stereocenters. The van der Waals surface area contributed by atoms with Crippen LogP contribution in [-0.2, 0) is 11.8 Å². The molecule has 0 fully saturated rings. The Morgan fingerprint density at radius 1 is 0.760 bits per heavy atom. The third-order valence-electron chi connectivity index (χ3n) is 5.06. The summed E-state index contributed by atoms with van der Waals surface area (Å²) in [6.45, 7) is 9.01. The molecule has 0 amide bonds. The smallest absolute Gasteiger partial charge is 0.0499 e. The second-order valence-electron chi connectivity index (χ2n) is 8.07. The van der Waals surface area contributed by atoms with Crippen molar-refractivity contribution >= 4 is 17.1 Å². The molecule has 4 rings (SSSR count). The van der Waals surface area contributed by atoms with Crippen molar-refractivity contribution in [2.75, 3.05) is 4.90 Å². The van der Waals surface area contributed by atoms with E-state index in [1.165, 1.54) is 39.3 Å². The van der Waals surface area contributed by atoms with Gasteiger partial charge in [-0.2, -0.15) is 0 Å². The minimum atomic E-state index is 0.167. The van der Waals surface area contributed by atoms with Crippen molar-refractivity contribution in [2.24, 2.45) is 0 Å². The summed E-state index contributed by atoms with van der Waals surface area (Å²) in [7, 11) is 0. The van der Waals surface area contributed by atoms with Crippen LogP contribution in [0.15, 0.2) is 66.7 Å². The van der Waals surface area contributed by atoms with E-state index in [4.69, 9.17) is 0 Å². The summed E-state index contributed by atoms with van der Waals surface area (Å²) in [6.07, 6.45) is 0.998. The Morgan fingerprint density at radius 3 is 2.24 bits per heavy atom. The monoisotopic (exact) mass is 327 g/mol. The lowest BCUT2D eigenvalue weighted by atomic mass is 9.83. The van der Waals surface area contributed by atoms with Crippen LogP contribution in [0.2, 0.25) is 0 Å². The van der Waals surface area contributed by atoms with Gasteiger partial charge < -0.3 is 4.90 Å². The molecule has 0 bridgehead atoms. The number of hydrogen-bond donors (Lipinski definition) is 0. The van der Waals surface area contributed by atoms with Crippen LogP contribution in [0.5, 0.6) is 0 Å². The fraction of sp³-hybridized carbons (Fsp3) is 0.250. The highest BCUT2D eigenvalue weighted by atomic mass is 15.2. The van der Waals surface area contributed by atoms with Crippen molar-refractivity contribution in [1.29, 1.82) is 0 Å². The van der Waals surface area contributed by atoms with E-state index < -0.39 is 0 Å². The molecule has 3 aromatic rings. The molecule has 0 saturated carbocycles. The van der Waals surface area contributed by atoms with E-state index in [1.807, 2.05) is 0 Å². The molecule has 0 saturated heterocycles. The van der Waals surface area contributed by atoms with Crippen molar-refractivity contribution in [3.8, 4) is 0 Å². The summed E-state index contributed by atoms with van der Waals surface area (Å²) in [5, 5.41) is 0. The SMILES string of the molecule is Cc1ccc2c(c1)N(c1ccccc1)c1ccc(C(C)(C)C)cc1C2. The third kappa shape index (κ3) is 2.84. The summed E-state index contributed by atoms with van der Waals surface area (Å²) in [6, 6.07) is 24.5. The molecule has 1 heterocycles. The first-order valence-corrected chi connectivity index (χ1v) is 9.01. The first-order valence-electron chi connectivity index (χ1n) is 9.01. The Labute approximate surface area is 150 Å². The molecular formula is C24H25N. The van der Waals surface area contributed by atoms with Gasteiger partial charge in [0, 0.05) is 23.5 Å². The number of nitrogens with zero attached hydrogens (tertiary/aromatic N) is 1. The van der Waals surface area contributed by atoms with Crippen molar-refractivity contribution in [2.45, 2.75) is 39.5 Å². The molecule has 126 valence electrons. The maximum Gasteiger partial charge on any atom is 0.0499 e. The van der Waals surface area contributed by atoms with Gasteiger partial charge in [-0.3, -0.25) is 0 Å². The van der Waals surface area contributed by atoms with Crippen LogP contribution in [0.25, 0.3) is 0 Å². The van der Waals surface area contributed by atoms with E-state index in [0.29, 0.717) is 0 Å². The van der Waals surface area contributed by atoms with E-state index in [1.54, 1.807) is 0 Å². The molecule has 1 aliphatic rings. The predicted molar refractivity (Wildman–Crippen MR) is 107 cm³/mol. The molecule has 1 heteroatoms. The zero-order valence-electron chi connectivity index (χ0n) is 15.5. The Balaban J connectivity index is 1.93. The molecule has 1 aliphatic heterocycles. The van der Waals surface area contributed by atoms with Gasteiger partial charge in [0.25, 0.3) is 0 Å². The zero-order chi connectivity index (χ0) is 17.6.